The van der Waals surface area contributed by atoms with Crippen molar-refractivity contribution in [1.29, 1.82) is 0 Å². The third-order valence-corrected chi connectivity index (χ3v) is 8.13. The normalized spacial score (nSPS) is 20.7. The Balaban J connectivity index is 1.13. The molecule has 184 valence electrons. The molecule has 0 saturated carbocycles. The van der Waals surface area contributed by atoms with Crippen molar-refractivity contribution >= 4 is 29.5 Å². The number of hydrogen-bond donors (Lipinski definition) is 1. The van der Waals surface area contributed by atoms with Crippen LogP contribution in [0, 0.1) is 0 Å². The minimum atomic E-state index is -0.573. The predicted octanol–water partition coefficient (Wildman–Crippen LogP) is 3.00. The molecule has 2 fully saturated rings. The molecule has 0 bridgehead atoms. The van der Waals surface area contributed by atoms with Crippen LogP contribution in [0.15, 0.2) is 47.4 Å². The number of thioether (sulfide) groups is 1. The molecule has 0 radical (unpaired) electrons. The van der Waals surface area contributed by atoms with Gasteiger partial charge in [0.1, 0.15) is 6.04 Å². The summed E-state index contributed by atoms with van der Waals surface area (Å²) in [4.78, 5) is 41.9. The molecule has 1 N–H and O–H groups in total. The Labute approximate surface area is 210 Å². The fraction of sp³-hybridized carbons (Fsp3) is 0.444. The molecular weight excluding hydrogens is 462 g/mol. The van der Waals surface area contributed by atoms with Gasteiger partial charge in [-0.25, -0.2) is 0 Å². The van der Waals surface area contributed by atoms with E-state index in [0.29, 0.717) is 18.5 Å². The van der Waals surface area contributed by atoms with Crippen LogP contribution in [0.5, 0.6) is 0 Å². The zero-order valence-corrected chi connectivity index (χ0v) is 20.6. The first kappa shape index (κ1) is 24.0. The molecule has 8 heteroatoms. The molecule has 0 spiro atoms. The van der Waals surface area contributed by atoms with E-state index in [1.807, 2.05) is 12.1 Å². The quantitative estimate of drug-likeness (QED) is 0.346. The second kappa shape index (κ2) is 10.9. The van der Waals surface area contributed by atoms with Gasteiger partial charge in [0.25, 0.3) is 5.91 Å². The van der Waals surface area contributed by atoms with Gasteiger partial charge in [-0.05, 0) is 53.8 Å². The van der Waals surface area contributed by atoms with Gasteiger partial charge in [0.2, 0.25) is 11.8 Å². The van der Waals surface area contributed by atoms with Gasteiger partial charge in [0.15, 0.2) is 0 Å². The van der Waals surface area contributed by atoms with Crippen LogP contribution in [-0.2, 0) is 33.8 Å². The van der Waals surface area contributed by atoms with Gasteiger partial charge in [-0.15, -0.1) is 11.8 Å². The zero-order valence-electron chi connectivity index (χ0n) is 19.8. The van der Waals surface area contributed by atoms with E-state index in [0.717, 1.165) is 61.9 Å². The molecule has 5 rings (SSSR count). The Morgan fingerprint density at radius 3 is 2.54 bits per heavy atom. The molecule has 0 aromatic heterocycles. The van der Waals surface area contributed by atoms with Crippen molar-refractivity contribution in [3.05, 3.63) is 64.7 Å². The molecule has 3 aliphatic rings. The van der Waals surface area contributed by atoms with Gasteiger partial charge in [0.05, 0.1) is 13.2 Å². The number of fused-ring (bicyclic) bond motifs is 1. The zero-order chi connectivity index (χ0) is 24.2. The predicted molar refractivity (Wildman–Crippen MR) is 134 cm³/mol. The fourth-order valence-corrected chi connectivity index (χ4v) is 6.01. The average Bonchev–Trinajstić information content (AvgIpc) is 3.20. The second-order valence-corrected chi connectivity index (χ2v) is 10.5. The van der Waals surface area contributed by atoms with Crippen molar-refractivity contribution in [3.63, 3.8) is 0 Å². The lowest BCUT2D eigenvalue weighted by atomic mass is 10.0. The summed E-state index contributed by atoms with van der Waals surface area (Å²) in [5, 5.41) is 2.37. The van der Waals surface area contributed by atoms with Gasteiger partial charge in [-0.2, -0.15) is 0 Å². The molecular formula is C27H31N3O4S. The number of morpholine rings is 1. The van der Waals surface area contributed by atoms with Gasteiger partial charge >= 0.3 is 0 Å². The summed E-state index contributed by atoms with van der Waals surface area (Å²) < 4.78 is 5.42. The first-order chi connectivity index (χ1) is 17.1. The lowest BCUT2D eigenvalue weighted by Crippen LogP contribution is -2.52. The first-order valence-corrected chi connectivity index (χ1v) is 13.3. The number of amides is 3. The molecule has 3 amide bonds. The number of hydrogen-bond acceptors (Lipinski definition) is 6. The molecule has 7 nitrogen and oxygen atoms in total. The fourth-order valence-electron chi connectivity index (χ4n) is 4.98. The minimum absolute atomic E-state index is 0.117. The molecule has 2 saturated heterocycles. The number of nitrogens with zero attached hydrogens (tertiary/aromatic N) is 2. The Kier molecular flexibility index (Phi) is 7.51. The lowest BCUT2D eigenvalue weighted by Gasteiger charge is -2.29. The van der Waals surface area contributed by atoms with Gasteiger partial charge < -0.3 is 9.64 Å². The highest BCUT2D eigenvalue weighted by Gasteiger charge is 2.39. The standard InChI is InChI=1S/C27H31N3O4S/c31-25-11-10-23(26(32)28-25)30-18-22-21(27(30)33)4-1-5-24(22)35-16-2-3-19-6-8-20(9-7-19)17-29-12-14-34-15-13-29/h1,4-9,23H,2-3,10-18H2,(H,28,31,32). The topological polar surface area (TPSA) is 79.0 Å². The number of aryl methyl sites for hydroxylation is 1. The van der Waals surface area contributed by atoms with Gasteiger partial charge in [0, 0.05) is 43.1 Å². The second-order valence-electron chi connectivity index (χ2n) is 9.34. The summed E-state index contributed by atoms with van der Waals surface area (Å²) in [6, 6.07) is 14.2. The van der Waals surface area contributed by atoms with Crippen LogP contribution in [0.2, 0.25) is 0 Å². The van der Waals surface area contributed by atoms with Crippen molar-refractivity contribution < 1.29 is 19.1 Å². The molecule has 0 aliphatic carbocycles. The van der Waals surface area contributed by atoms with E-state index in [1.165, 1.54) is 11.1 Å². The Morgan fingerprint density at radius 1 is 1.00 bits per heavy atom. The highest BCUT2D eigenvalue weighted by molar-refractivity contribution is 7.99. The van der Waals surface area contributed by atoms with Crippen LogP contribution in [0.4, 0.5) is 0 Å². The number of piperidine rings is 1. The Morgan fingerprint density at radius 2 is 1.77 bits per heavy atom. The Hall–Kier alpha value is -2.68. The highest BCUT2D eigenvalue weighted by atomic mass is 32.2. The third kappa shape index (κ3) is 5.60. The highest BCUT2D eigenvalue weighted by Crippen LogP contribution is 2.34. The number of imide groups is 1. The van der Waals surface area contributed by atoms with Crippen molar-refractivity contribution in [2.45, 2.75) is 49.7 Å². The molecule has 3 heterocycles. The van der Waals surface area contributed by atoms with E-state index >= 15 is 0 Å². The van der Waals surface area contributed by atoms with Gasteiger partial charge in [-0.3, -0.25) is 24.6 Å². The average molecular weight is 494 g/mol. The minimum Gasteiger partial charge on any atom is -0.379 e. The number of carbonyl (C=O) groups is 3. The summed E-state index contributed by atoms with van der Waals surface area (Å²) in [6.07, 6.45) is 2.72. The van der Waals surface area contributed by atoms with Crippen LogP contribution in [-0.4, -0.2) is 65.6 Å². The van der Waals surface area contributed by atoms with E-state index in [9.17, 15) is 14.4 Å². The van der Waals surface area contributed by atoms with E-state index < -0.39 is 6.04 Å². The van der Waals surface area contributed by atoms with E-state index in [1.54, 1.807) is 16.7 Å². The van der Waals surface area contributed by atoms with E-state index in [-0.39, 0.29) is 24.1 Å². The van der Waals surface area contributed by atoms with Crippen molar-refractivity contribution in [1.82, 2.24) is 15.1 Å². The van der Waals surface area contributed by atoms with Crippen LogP contribution < -0.4 is 5.32 Å². The molecule has 3 aliphatic heterocycles. The summed E-state index contributed by atoms with van der Waals surface area (Å²) in [5.41, 5.74) is 4.36. The number of ether oxygens (including phenoxy) is 1. The summed E-state index contributed by atoms with van der Waals surface area (Å²) in [5.74, 6) is 0.207. The van der Waals surface area contributed by atoms with Crippen LogP contribution in [0.25, 0.3) is 0 Å². The van der Waals surface area contributed by atoms with Crippen LogP contribution in [0.3, 0.4) is 0 Å². The summed E-state index contributed by atoms with van der Waals surface area (Å²) in [6.45, 7) is 5.05. The van der Waals surface area contributed by atoms with Gasteiger partial charge in [-0.1, -0.05) is 30.3 Å². The largest absolute Gasteiger partial charge is 0.379 e. The number of carbonyl (C=O) groups excluding carboxylic acids is 3. The number of rotatable bonds is 8. The van der Waals surface area contributed by atoms with Crippen LogP contribution in [0.1, 0.15) is 46.3 Å². The van der Waals surface area contributed by atoms with Crippen molar-refractivity contribution in [2.24, 2.45) is 0 Å². The SMILES string of the molecule is O=C1CCC(N2Cc3c(SCCCc4ccc(CN5CCOCC5)cc4)cccc3C2=O)C(=O)N1. The molecule has 2 aromatic rings. The van der Waals surface area contributed by atoms with Crippen molar-refractivity contribution in [3.8, 4) is 0 Å². The van der Waals surface area contributed by atoms with Crippen LogP contribution >= 0.6 is 11.8 Å². The summed E-state index contributed by atoms with van der Waals surface area (Å²) >= 11 is 1.77. The molecule has 2 aromatic carbocycles. The molecule has 1 atom stereocenters. The molecule has 35 heavy (non-hydrogen) atoms. The third-order valence-electron chi connectivity index (χ3n) is 6.94. The maximum Gasteiger partial charge on any atom is 0.255 e. The smallest absolute Gasteiger partial charge is 0.255 e. The first-order valence-electron chi connectivity index (χ1n) is 12.4. The van der Waals surface area contributed by atoms with E-state index in [4.69, 9.17) is 4.74 Å². The summed E-state index contributed by atoms with van der Waals surface area (Å²) in [7, 11) is 0. The number of nitrogens with one attached hydrogen (secondary N) is 1. The Bertz CT molecular complexity index is 1100. The lowest BCUT2D eigenvalue weighted by molar-refractivity contribution is -0.136. The number of benzene rings is 2. The van der Waals surface area contributed by atoms with Crippen molar-refractivity contribution in [2.75, 3.05) is 32.1 Å². The maximum atomic E-state index is 13.0. The van der Waals surface area contributed by atoms with E-state index in [2.05, 4.69) is 40.5 Å². The maximum absolute atomic E-state index is 13.0. The monoisotopic (exact) mass is 493 g/mol. The molecule has 1 unspecified atom stereocenters.